The second-order valence-corrected chi connectivity index (χ2v) is 7.05. The van der Waals surface area contributed by atoms with Crippen LogP contribution in [0, 0.1) is 3.57 Å². The summed E-state index contributed by atoms with van der Waals surface area (Å²) < 4.78 is 44.1. The monoisotopic (exact) mass is 440 g/mol. The van der Waals surface area contributed by atoms with Gasteiger partial charge in [-0.15, -0.1) is 0 Å². The molecule has 0 unspecified atom stereocenters. The third-order valence-corrected chi connectivity index (χ3v) is 5.20. The minimum atomic E-state index is -4.80. The molecule has 0 spiro atoms. The van der Waals surface area contributed by atoms with Gasteiger partial charge in [-0.05, 0) is 40.3 Å². The SMILES string of the molecule is O=C(N1CCN(C2(c3ccc(I)cc3)COC2)CC1)C(F)(F)F. The van der Waals surface area contributed by atoms with Gasteiger partial charge in [-0.2, -0.15) is 13.2 Å². The Balaban J connectivity index is 1.71. The van der Waals surface area contributed by atoms with Crippen molar-refractivity contribution in [2.45, 2.75) is 11.7 Å². The first-order chi connectivity index (χ1) is 10.8. The lowest BCUT2D eigenvalue weighted by atomic mass is 9.85. The number of carbonyl (C=O) groups excluding carboxylic acids is 1. The van der Waals surface area contributed by atoms with Gasteiger partial charge in [0.2, 0.25) is 0 Å². The van der Waals surface area contributed by atoms with Gasteiger partial charge in [0.15, 0.2) is 0 Å². The molecule has 0 N–H and O–H groups in total. The second kappa shape index (κ2) is 6.21. The van der Waals surface area contributed by atoms with E-state index in [0.29, 0.717) is 26.3 Å². The fourth-order valence-corrected chi connectivity index (χ4v) is 3.46. The summed E-state index contributed by atoms with van der Waals surface area (Å²) in [5, 5.41) is 0. The molecule has 2 saturated heterocycles. The zero-order valence-electron chi connectivity index (χ0n) is 12.3. The molecule has 3 rings (SSSR count). The number of piperazine rings is 1. The molecule has 23 heavy (non-hydrogen) atoms. The molecule has 1 amide bonds. The normalized spacial score (nSPS) is 21.8. The van der Waals surface area contributed by atoms with Crippen LogP contribution in [0.25, 0.3) is 0 Å². The highest BCUT2D eigenvalue weighted by atomic mass is 127. The minimum absolute atomic E-state index is 0.0878. The molecule has 0 aromatic heterocycles. The minimum Gasteiger partial charge on any atom is -0.377 e. The Hall–Kier alpha value is -0.870. The lowest BCUT2D eigenvalue weighted by Crippen LogP contribution is -2.65. The maximum atomic E-state index is 12.5. The van der Waals surface area contributed by atoms with E-state index in [2.05, 4.69) is 27.5 Å². The molecule has 2 fully saturated rings. The Morgan fingerprint density at radius 2 is 1.65 bits per heavy atom. The first-order valence-corrected chi connectivity index (χ1v) is 8.36. The highest BCUT2D eigenvalue weighted by Gasteiger charge is 2.48. The van der Waals surface area contributed by atoms with E-state index in [1.807, 2.05) is 24.3 Å². The molecule has 0 radical (unpaired) electrons. The van der Waals surface area contributed by atoms with Gasteiger partial charge < -0.3 is 9.64 Å². The van der Waals surface area contributed by atoms with Crippen LogP contribution in [0.15, 0.2) is 24.3 Å². The van der Waals surface area contributed by atoms with Crippen molar-refractivity contribution in [3.05, 3.63) is 33.4 Å². The van der Waals surface area contributed by atoms with E-state index in [0.717, 1.165) is 14.0 Å². The summed E-state index contributed by atoms with van der Waals surface area (Å²) >= 11 is 2.23. The van der Waals surface area contributed by atoms with E-state index in [1.165, 1.54) is 0 Å². The number of hydrogen-bond donors (Lipinski definition) is 0. The van der Waals surface area contributed by atoms with Crippen molar-refractivity contribution >= 4 is 28.5 Å². The lowest BCUT2D eigenvalue weighted by molar-refractivity contribution is -0.192. The van der Waals surface area contributed by atoms with Gasteiger partial charge in [0, 0.05) is 29.7 Å². The van der Waals surface area contributed by atoms with Crippen LogP contribution < -0.4 is 0 Å². The van der Waals surface area contributed by atoms with Gasteiger partial charge >= 0.3 is 12.1 Å². The summed E-state index contributed by atoms with van der Waals surface area (Å²) in [5.74, 6) is -1.75. The molecule has 126 valence electrons. The third kappa shape index (κ3) is 3.20. The molecule has 0 atom stereocenters. The van der Waals surface area contributed by atoms with E-state index in [1.54, 1.807) is 0 Å². The van der Waals surface area contributed by atoms with Crippen LogP contribution >= 0.6 is 22.6 Å². The molecule has 1 aromatic rings. The van der Waals surface area contributed by atoms with Crippen LogP contribution in [0.5, 0.6) is 0 Å². The summed E-state index contributed by atoms with van der Waals surface area (Å²) in [6.45, 7) is 2.06. The number of halogens is 4. The van der Waals surface area contributed by atoms with Crippen molar-refractivity contribution in [1.82, 2.24) is 9.80 Å². The molecule has 1 aromatic carbocycles. The number of hydrogen-bond acceptors (Lipinski definition) is 3. The molecule has 2 aliphatic rings. The van der Waals surface area contributed by atoms with Crippen LogP contribution in [0.1, 0.15) is 5.56 Å². The standard InChI is InChI=1S/C15H16F3IN2O2/c16-15(17,18)13(22)20-5-7-21(8-6-20)14(9-23-10-14)11-1-3-12(19)4-2-11/h1-4H,5-10H2. The topological polar surface area (TPSA) is 32.8 Å². The highest BCUT2D eigenvalue weighted by Crippen LogP contribution is 2.37. The highest BCUT2D eigenvalue weighted by molar-refractivity contribution is 14.1. The number of alkyl halides is 3. The Morgan fingerprint density at radius 3 is 2.09 bits per heavy atom. The Morgan fingerprint density at radius 1 is 1.09 bits per heavy atom. The van der Waals surface area contributed by atoms with E-state index < -0.39 is 12.1 Å². The van der Waals surface area contributed by atoms with E-state index in [9.17, 15) is 18.0 Å². The maximum Gasteiger partial charge on any atom is 0.471 e. The smallest absolute Gasteiger partial charge is 0.377 e. The first kappa shape index (κ1) is 17.0. The van der Waals surface area contributed by atoms with Crippen molar-refractivity contribution in [3.63, 3.8) is 0 Å². The molecule has 0 bridgehead atoms. The van der Waals surface area contributed by atoms with Crippen LogP contribution in [0.3, 0.4) is 0 Å². The van der Waals surface area contributed by atoms with Crippen molar-refractivity contribution in [3.8, 4) is 0 Å². The predicted octanol–water partition coefficient (Wildman–Crippen LogP) is 2.22. The van der Waals surface area contributed by atoms with Crippen molar-refractivity contribution in [1.29, 1.82) is 0 Å². The number of benzene rings is 1. The summed E-state index contributed by atoms with van der Waals surface area (Å²) in [6, 6.07) is 8.11. The predicted molar refractivity (Wildman–Crippen MR) is 85.9 cm³/mol. The second-order valence-electron chi connectivity index (χ2n) is 5.81. The van der Waals surface area contributed by atoms with Gasteiger partial charge in [-0.3, -0.25) is 9.69 Å². The largest absolute Gasteiger partial charge is 0.471 e. The van der Waals surface area contributed by atoms with Crippen LogP contribution in [-0.4, -0.2) is 61.3 Å². The van der Waals surface area contributed by atoms with E-state index >= 15 is 0 Å². The van der Waals surface area contributed by atoms with E-state index in [4.69, 9.17) is 4.74 Å². The van der Waals surface area contributed by atoms with Crippen molar-refractivity contribution < 1.29 is 22.7 Å². The number of nitrogens with zero attached hydrogens (tertiary/aromatic N) is 2. The van der Waals surface area contributed by atoms with E-state index in [-0.39, 0.29) is 18.6 Å². The van der Waals surface area contributed by atoms with Crippen LogP contribution in [0.4, 0.5) is 13.2 Å². The Kier molecular flexibility index (Phi) is 4.58. The van der Waals surface area contributed by atoms with Gasteiger partial charge in [0.05, 0.1) is 18.8 Å². The number of ether oxygens (including phenoxy) is 1. The third-order valence-electron chi connectivity index (χ3n) is 4.48. The van der Waals surface area contributed by atoms with Gasteiger partial charge in [-0.25, -0.2) is 0 Å². The number of rotatable bonds is 2. The number of amides is 1. The zero-order valence-corrected chi connectivity index (χ0v) is 14.4. The first-order valence-electron chi connectivity index (χ1n) is 7.28. The van der Waals surface area contributed by atoms with Gasteiger partial charge in [-0.1, -0.05) is 12.1 Å². The summed E-state index contributed by atoms with van der Waals surface area (Å²) in [5.41, 5.74) is 0.831. The fourth-order valence-electron chi connectivity index (χ4n) is 3.10. The lowest BCUT2D eigenvalue weighted by Gasteiger charge is -2.52. The molecule has 2 heterocycles. The van der Waals surface area contributed by atoms with Crippen molar-refractivity contribution in [2.24, 2.45) is 0 Å². The molecule has 4 nitrogen and oxygen atoms in total. The maximum absolute atomic E-state index is 12.5. The number of carbonyl (C=O) groups is 1. The summed E-state index contributed by atoms with van der Waals surface area (Å²) in [6.07, 6.45) is -4.80. The average Bonchev–Trinajstić information content (AvgIpc) is 2.47. The fraction of sp³-hybridized carbons (Fsp3) is 0.533. The van der Waals surface area contributed by atoms with Crippen LogP contribution in [0.2, 0.25) is 0 Å². The van der Waals surface area contributed by atoms with Crippen LogP contribution in [-0.2, 0) is 15.1 Å². The summed E-state index contributed by atoms with van der Waals surface area (Å²) in [4.78, 5) is 14.3. The molecular formula is C15H16F3IN2O2. The van der Waals surface area contributed by atoms with Gasteiger partial charge in [0.1, 0.15) is 0 Å². The Bertz CT molecular complexity index is 579. The quantitative estimate of drug-likeness (QED) is 0.662. The van der Waals surface area contributed by atoms with Gasteiger partial charge in [0.25, 0.3) is 0 Å². The Labute approximate surface area is 145 Å². The molecular weight excluding hydrogens is 424 g/mol. The van der Waals surface area contributed by atoms with Crippen molar-refractivity contribution in [2.75, 3.05) is 39.4 Å². The summed E-state index contributed by atoms with van der Waals surface area (Å²) in [7, 11) is 0. The zero-order chi connectivity index (χ0) is 16.7. The molecule has 0 aliphatic carbocycles. The molecule has 2 aliphatic heterocycles. The molecule has 0 saturated carbocycles. The molecule has 8 heteroatoms. The average molecular weight is 440 g/mol.